The van der Waals surface area contributed by atoms with Gasteiger partial charge >= 0.3 is 0 Å². The predicted octanol–water partition coefficient (Wildman–Crippen LogP) is 3.57. The number of benzene rings is 2. The van der Waals surface area contributed by atoms with E-state index in [4.69, 9.17) is 9.15 Å². The van der Waals surface area contributed by atoms with Gasteiger partial charge in [0.25, 0.3) is 11.8 Å². The summed E-state index contributed by atoms with van der Waals surface area (Å²) in [5.74, 6) is -1.66. The van der Waals surface area contributed by atoms with Crippen LogP contribution in [0.4, 0.5) is 10.1 Å². The highest BCUT2D eigenvalue weighted by Gasteiger charge is 2.65. The molecule has 7 nitrogen and oxygen atoms in total. The van der Waals surface area contributed by atoms with Gasteiger partial charge in [-0.3, -0.25) is 14.4 Å². The average Bonchev–Trinajstić information content (AvgIpc) is 3.50. The highest BCUT2D eigenvalue weighted by Crippen LogP contribution is 2.52. The Bertz CT molecular complexity index is 1410. The lowest BCUT2D eigenvalue weighted by molar-refractivity contribution is -0.126. The molecule has 174 valence electrons. The normalized spacial score (nSPS) is 23.4. The number of anilines is 1. The molecule has 2 amide bonds. The van der Waals surface area contributed by atoms with Crippen molar-refractivity contribution in [2.45, 2.75) is 37.8 Å². The van der Waals surface area contributed by atoms with Gasteiger partial charge in [0.2, 0.25) is 5.76 Å². The number of para-hydroxylation sites is 1. The van der Waals surface area contributed by atoms with E-state index in [0.717, 1.165) is 18.9 Å². The number of amides is 2. The van der Waals surface area contributed by atoms with E-state index >= 15 is 0 Å². The van der Waals surface area contributed by atoms with Crippen molar-refractivity contribution >= 4 is 28.5 Å². The van der Waals surface area contributed by atoms with Gasteiger partial charge in [-0.1, -0.05) is 25.1 Å². The Hall–Kier alpha value is -3.52. The Morgan fingerprint density at radius 3 is 2.74 bits per heavy atom. The van der Waals surface area contributed by atoms with Gasteiger partial charge in [-0.2, -0.15) is 0 Å². The summed E-state index contributed by atoms with van der Waals surface area (Å²) in [4.78, 5) is 45.0. The van der Waals surface area contributed by atoms with E-state index in [1.807, 2.05) is 19.1 Å². The number of nitrogens with zero attached hydrogens (tertiary/aromatic N) is 2. The van der Waals surface area contributed by atoms with Crippen LogP contribution in [0, 0.1) is 5.82 Å². The van der Waals surface area contributed by atoms with E-state index in [1.165, 1.54) is 17.0 Å². The van der Waals surface area contributed by atoms with E-state index in [2.05, 4.69) is 0 Å². The van der Waals surface area contributed by atoms with E-state index in [1.54, 1.807) is 17.0 Å². The topological polar surface area (TPSA) is 80.1 Å². The smallest absolute Gasteiger partial charge is 0.291 e. The Morgan fingerprint density at radius 1 is 1.15 bits per heavy atom. The number of carbonyl (C=O) groups excluding carboxylic acids is 2. The molecule has 0 N–H and O–H groups in total. The van der Waals surface area contributed by atoms with Crippen molar-refractivity contribution in [3.8, 4) is 0 Å². The van der Waals surface area contributed by atoms with Crippen LogP contribution in [0.15, 0.2) is 51.7 Å². The van der Waals surface area contributed by atoms with E-state index in [-0.39, 0.29) is 40.8 Å². The zero-order chi connectivity index (χ0) is 23.6. The monoisotopic (exact) mass is 462 g/mol. The quantitative estimate of drug-likeness (QED) is 0.592. The minimum atomic E-state index is -1.68. The number of fused-ring (bicyclic) bond motifs is 5. The third-order valence-corrected chi connectivity index (χ3v) is 7.06. The van der Waals surface area contributed by atoms with Crippen LogP contribution in [0.25, 0.3) is 11.0 Å². The number of carbonyl (C=O) groups is 2. The first kappa shape index (κ1) is 21.0. The van der Waals surface area contributed by atoms with Crippen LogP contribution < -0.4 is 10.3 Å². The molecule has 2 aromatic carbocycles. The van der Waals surface area contributed by atoms with Gasteiger partial charge in [0, 0.05) is 25.3 Å². The zero-order valence-electron chi connectivity index (χ0n) is 18.7. The van der Waals surface area contributed by atoms with Crippen LogP contribution in [0.3, 0.4) is 0 Å². The summed E-state index contributed by atoms with van der Waals surface area (Å²) >= 11 is 0. The second-order valence-corrected chi connectivity index (χ2v) is 9.01. The van der Waals surface area contributed by atoms with Crippen LogP contribution in [-0.2, 0) is 15.1 Å². The van der Waals surface area contributed by atoms with E-state index in [0.29, 0.717) is 30.8 Å². The van der Waals surface area contributed by atoms with Crippen molar-refractivity contribution in [3.63, 3.8) is 0 Å². The lowest BCUT2D eigenvalue weighted by Gasteiger charge is -2.35. The van der Waals surface area contributed by atoms with Gasteiger partial charge in [-0.05, 0) is 43.5 Å². The van der Waals surface area contributed by atoms with Crippen LogP contribution in [0.1, 0.15) is 47.9 Å². The molecule has 0 aliphatic carbocycles. The lowest BCUT2D eigenvalue weighted by Crippen LogP contribution is -2.55. The van der Waals surface area contributed by atoms with Gasteiger partial charge in [-0.25, -0.2) is 4.39 Å². The summed E-state index contributed by atoms with van der Waals surface area (Å²) in [6.45, 7) is 3.12. The molecule has 0 unspecified atom stereocenters. The molecule has 0 saturated carbocycles. The standard InChI is InChI=1S/C26H23FN2O5/c1-2-11-28-19-8-4-3-7-18(19)26(25(28)32)21-22(30)17-13-15(27)9-10-20(17)34-23(21)24(31)29(26)14-16-6-5-12-33-16/h3-4,7-10,13,16H,2,5-6,11-12,14H2,1H3/t16-,26+/m0/s1. The molecule has 1 saturated heterocycles. The second kappa shape index (κ2) is 7.50. The number of rotatable bonds is 4. The van der Waals surface area contributed by atoms with Gasteiger partial charge in [-0.15, -0.1) is 0 Å². The fourth-order valence-corrected chi connectivity index (χ4v) is 5.65. The van der Waals surface area contributed by atoms with Crippen LogP contribution in [-0.4, -0.2) is 42.5 Å². The SMILES string of the molecule is CCCN1C(=O)[C@@]2(c3ccccc31)c1c(oc3ccc(F)cc3c1=O)C(=O)N2C[C@@H]1CCCO1. The molecular weight excluding hydrogens is 439 g/mol. The third-order valence-electron chi connectivity index (χ3n) is 7.06. The van der Waals surface area contributed by atoms with Crippen molar-refractivity contribution < 1.29 is 23.1 Å². The first-order chi connectivity index (χ1) is 16.5. The van der Waals surface area contributed by atoms with Crippen LogP contribution in [0.2, 0.25) is 0 Å². The summed E-state index contributed by atoms with van der Waals surface area (Å²) in [6.07, 6.45) is 2.05. The van der Waals surface area contributed by atoms with Crippen molar-refractivity contribution in [2.75, 3.05) is 24.6 Å². The molecule has 8 heteroatoms. The molecule has 1 aromatic heterocycles. The lowest BCUT2D eigenvalue weighted by atomic mass is 9.83. The molecule has 1 fully saturated rings. The maximum absolute atomic E-state index is 14.3. The van der Waals surface area contributed by atoms with E-state index < -0.39 is 22.7 Å². The Labute approximate surface area is 194 Å². The molecule has 3 aliphatic rings. The molecule has 3 aliphatic heterocycles. The van der Waals surface area contributed by atoms with Gasteiger partial charge in [0.05, 0.1) is 22.7 Å². The second-order valence-electron chi connectivity index (χ2n) is 9.01. The molecule has 6 rings (SSSR count). The van der Waals surface area contributed by atoms with Crippen molar-refractivity contribution in [1.82, 2.24) is 4.90 Å². The minimum absolute atomic E-state index is 0.00381. The molecule has 34 heavy (non-hydrogen) atoms. The molecule has 2 atom stereocenters. The third kappa shape index (κ3) is 2.63. The number of hydrogen-bond acceptors (Lipinski definition) is 5. The summed E-state index contributed by atoms with van der Waals surface area (Å²) in [5.41, 5.74) is -0.958. The largest absolute Gasteiger partial charge is 0.450 e. The highest BCUT2D eigenvalue weighted by molar-refractivity contribution is 6.17. The van der Waals surface area contributed by atoms with Crippen molar-refractivity contribution in [1.29, 1.82) is 0 Å². The molecular formula is C26H23FN2O5. The zero-order valence-corrected chi connectivity index (χ0v) is 18.7. The number of ether oxygens (including phenoxy) is 1. The van der Waals surface area contributed by atoms with Crippen LogP contribution >= 0.6 is 0 Å². The number of hydrogen-bond donors (Lipinski definition) is 0. The average molecular weight is 462 g/mol. The highest BCUT2D eigenvalue weighted by atomic mass is 19.1. The van der Waals surface area contributed by atoms with E-state index in [9.17, 15) is 18.8 Å². The van der Waals surface area contributed by atoms with Crippen molar-refractivity contribution in [3.05, 3.63) is 75.4 Å². The molecule has 4 heterocycles. The van der Waals surface area contributed by atoms with Gasteiger partial charge in [0.1, 0.15) is 11.4 Å². The predicted molar refractivity (Wildman–Crippen MR) is 122 cm³/mol. The van der Waals surface area contributed by atoms with Crippen molar-refractivity contribution in [2.24, 2.45) is 0 Å². The number of halogens is 1. The maximum Gasteiger partial charge on any atom is 0.291 e. The molecule has 0 bridgehead atoms. The fraction of sp³-hybridized carbons (Fsp3) is 0.346. The first-order valence-electron chi connectivity index (χ1n) is 11.6. The molecule has 1 spiro atoms. The maximum atomic E-state index is 14.3. The first-order valence-corrected chi connectivity index (χ1v) is 11.6. The fourth-order valence-electron chi connectivity index (χ4n) is 5.65. The Kier molecular flexibility index (Phi) is 4.64. The van der Waals surface area contributed by atoms with Gasteiger partial charge < -0.3 is 19.0 Å². The van der Waals surface area contributed by atoms with Crippen LogP contribution in [0.5, 0.6) is 0 Å². The Morgan fingerprint density at radius 2 is 1.97 bits per heavy atom. The minimum Gasteiger partial charge on any atom is -0.450 e. The Balaban J connectivity index is 1.69. The molecule has 0 radical (unpaired) electrons. The van der Waals surface area contributed by atoms with Gasteiger partial charge in [0.15, 0.2) is 11.0 Å². The summed E-state index contributed by atoms with van der Waals surface area (Å²) < 4.78 is 25.8. The molecule has 3 aromatic rings. The summed E-state index contributed by atoms with van der Waals surface area (Å²) in [7, 11) is 0. The summed E-state index contributed by atoms with van der Waals surface area (Å²) in [6, 6.07) is 10.8. The summed E-state index contributed by atoms with van der Waals surface area (Å²) in [5, 5.41) is 0.00381.